The van der Waals surface area contributed by atoms with Gasteiger partial charge < -0.3 is 9.73 Å². The number of hydrogen-bond donors (Lipinski definition) is 1. The van der Waals surface area contributed by atoms with Crippen molar-refractivity contribution in [3.63, 3.8) is 0 Å². The van der Waals surface area contributed by atoms with Crippen LogP contribution in [0.5, 0.6) is 0 Å². The van der Waals surface area contributed by atoms with Gasteiger partial charge in [-0.15, -0.1) is 0 Å². The van der Waals surface area contributed by atoms with Crippen molar-refractivity contribution in [3.05, 3.63) is 76.6 Å². The number of benzene rings is 2. The molecule has 0 atom stereocenters. The van der Waals surface area contributed by atoms with Crippen LogP contribution in [0.25, 0.3) is 11.5 Å². The third-order valence-corrected chi connectivity index (χ3v) is 4.27. The standard InChI is InChI=1S/C19H17ClF2N2O/c1-19(2,16-8-7-14(22)9-17(16)20)23-10-15-11-25-18(24-15)12-3-5-13(21)6-4-12/h3-9,11,23H,10H2,1-2H3. The third kappa shape index (κ3) is 4.06. The van der Waals surface area contributed by atoms with E-state index < -0.39 is 5.54 Å². The molecule has 0 saturated heterocycles. The van der Waals surface area contributed by atoms with Crippen molar-refractivity contribution < 1.29 is 13.2 Å². The van der Waals surface area contributed by atoms with E-state index in [4.69, 9.17) is 16.0 Å². The van der Waals surface area contributed by atoms with E-state index in [9.17, 15) is 8.78 Å². The highest BCUT2D eigenvalue weighted by Gasteiger charge is 2.23. The lowest BCUT2D eigenvalue weighted by Crippen LogP contribution is -2.36. The molecule has 3 aromatic rings. The number of halogens is 3. The van der Waals surface area contributed by atoms with Crippen molar-refractivity contribution in [2.75, 3.05) is 0 Å². The summed E-state index contributed by atoms with van der Waals surface area (Å²) < 4.78 is 31.7. The van der Waals surface area contributed by atoms with Gasteiger partial charge in [0.15, 0.2) is 0 Å². The predicted octanol–water partition coefficient (Wildman–Crippen LogP) is 5.30. The second kappa shape index (κ2) is 6.94. The molecule has 0 aliphatic rings. The van der Waals surface area contributed by atoms with Crippen molar-refractivity contribution in [1.82, 2.24) is 10.3 Å². The van der Waals surface area contributed by atoms with Gasteiger partial charge in [0.1, 0.15) is 17.9 Å². The first kappa shape index (κ1) is 17.6. The average molecular weight is 363 g/mol. The topological polar surface area (TPSA) is 38.1 Å². The van der Waals surface area contributed by atoms with Crippen molar-refractivity contribution >= 4 is 11.6 Å². The predicted molar refractivity (Wildman–Crippen MR) is 93.2 cm³/mol. The number of nitrogens with one attached hydrogen (secondary N) is 1. The molecule has 0 amide bonds. The number of hydrogen-bond acceptors (Lipinski definition) is 3. The van der Waals surface area contributed by atoms with Crippen molar-refractivity contribution in [2.24, 2.45) is 0 Å². The van der Waals surface area contributed by atoms with Crippen LogP contribution >= 0.6 is 11.6 Å². The smallest absolute Gasteiger partial charge is 0.226 e. The van der Waals surface area contributed by atoms with Gasteiger partial charge in [0.25, 0.3) is 0 Å². The molecule has 6 heteroatoms. The molecule has 1 N–H and O–H groups in total. The Labute approximate surface area is 149 Å². The van der Waals surface area contributed by atoms with Crippen LogP contribution in [0.2, 0.25) is 5.02 Å². The largest absolute Gasteiger partial charge is 0.444 e. The lowest BCUT2D eigenvalue weighted by molar-refractivity contribution is 0.397. The third-order valence-electron chi connectivity index (χ3n) is 3.96. The molecule has 0 saturated carbocycles. The molecule has 2 aromatic carbocycles. The molecular formula is C19H17ClF2N2O. The molecule has 0 unspecified atom stereocenters. The number of nitrogens with zero attached hydrogens (tertiary/aromatic N) is 1. The fourth-order valence-electron chi connectivity index (χ4n) is 2.52. The monoisotopic (exact) mass is 362 g/mol. The number of aromatic nitrogens is 1. The van der Waals surface area contributed by atoms with Gasteiger partial charge in [-0.05, 0) is 55.8 Å². The minimum absolute atomic E-state index is 0.310. The summed E-state index contributed by atoms with van der Waals surface area (Å²) in [6, 6.07) is 10.3. The zero-order chi connectivity index (χ0) is 18.0. The zero-order valence-electron chi connectivity index (χ0n) is 13.8. The Morgan fingerprint density at radius 1 is 1.08 bits per heavy atom. The maximum absolute atomic E-state index is 13.2. The van der Waals surface area contributed by atoms with E-state index >= 15 is 0 Å². The number of rotatable bonds is 5. The van der Waals surface area contributed by atoms with E-state index in [0.29, 0.717) is 28.7 Å². The van der Waals surface area contributed by atoms with E-state index in [1.54, 1.807) is 24.5 Å². The first-order chi connectivity index (χ1) is 11.8. The van der Waals surface area contributed by atoms with E-state index in [0.717, 1.165) is 5.56 Å². The van der Waals surface area contributed by atoms with Gasteiger partial charge in [0.05, 0.1) is 5.69 Å². The molecule has 130 valence electrons. The minimum atomic E-state index is -0.486. The molecule has 0 fully saturated rings. The van der Waals surface area contributed by atoms with Gasteiger partial charge in [-0.3, -0.25) is 0 Å². The molecule has 1 aromatic heterocycles. The lowest BCUT2D eigenvalue weighted by Gasteiger charge is -2.27. The van der Waals surface area contributed by atoms with E-state index in [1.165, 1.54) is 24.3 Å². The summed E-state index contributed by atoms with van der Waals surface area (Å²) in [6.07, 6.45) is 1.55. The Kier molecular flexibility index (Phi) is 4.88. The zero-order valence-corrected chi connectivity index (χ0v) is 14.6. The molecule has 0 spiro atoms. The Morgan fingerprint density at radius 2 is 1.76 bits per heavy atom. The Hall–Kier alpha value is -2.24. The van der Waals surface area contributed by atoms with Crippen LogP contribution in [0.3, 0.4) is 0 Å². The second-order valence-corrected chi connectivity index (χ2v) is 6.66. The molecule has 0 aliphatic heterocycles. The van der Waals surface area contributed by atoms with Gasteiger partial charge >= 0.3 is 0 Å². The van der Waals surface area contributed by atoms with Crippen LogP contribution < -0.4 is 5.32 Å². The molecule has 3 nitrogen and oxygen atoms in total. The molecule has 25 heavy (non-hydrogen) atoms. The van der Waals surface area contributed by atoms with Gasteiger partial charge in [-0.25, -0.2) is 13.8 Å². The summed E-state index contributed by atoms with van der Waals surface area (Å²) in [4.78, 5) is 4.40. The lowest BCUT2D eigenvalue weighted by atomic mass is 9.94. The van der Waals surface area contributed by atoms with Crippen molar-refractivity contribution in [2.45, 2.75) is 25.9 Å². The fourth-order valence-corrected chi connectivity index (χ4v) is 2.92. The Bertz CT molecular complexity index is 875. The summed E-state index contributed by atoms with van der Waals surface area (Å²) in [6.45, 7) is 4.34. The highest BCUT2D eigenvalue weighted by molar-refractivity contribution is 6.31. The summed E-state index contributed by atoms with van der Waals surface area (Å²) in [5.74, 6) is -0.255. The van der Waals surface area contributed by atoms with Crippen LogP contribution in [0.1, 0.15) is 25.1 Å². The van der Waals surface area contributed by atoms with Gasteiger partial charge in [0.2, 0.25) is 5.89 Å². The quantitative estimate of drug-likeness (QED) is 0.669. The van der Waals surface area contributed by atoms with E-state index in [1.807, 2.05) is 13.8 Å². The van der Waals surface area contributed by atoms with E-state index in [2.05, 4.69) is 10.3 Å². The Balaban J connectivity index is 1.72. The van der Waals surface area contributed by atoms with E-state index in [-0.39, 0.29) is 11.6 Å². The molecule has 1 heterocycles. The normalized spacial score (nSPS) is 11.7. The average Bonchev–Trinajstić information content (AvgIpc) is 3.02. The SMILES string of the molecule is CC(C)(NCc1coc(-c2ccc(F)cc2)n1)c1ccc(F)cc1Cl. The molecule has 0 aliphatic carbocycles. The first-order valence-corrected chi connectivity index (χ1v) is 8.14. The second-order valence-electron chi connectivity index (χ2n) is 6.25. The molecule has 0 radical (unpaired) electrons. The van der Waals surface area contributed by atoms with Crippen molar-refractivity contribution in [3.8, 4) is 11.5 Å². The maximum Gasteiger partial charge on any atom is 0.226 e. The van der Waals surface area contributed by atoms with Crippen LogP contribution in [0.15, 0.2) is 53.1 Å². The van der Waals surface area contributed by atoms with Crippen LogP contribution in [0, 0.1) is 11.6 Å². The molecule has 0 bridgehead atoms. The number of oxazole rings is 1. The molecular weight excluding hydrogens is 346 g/mol. The van der Waals surface area contributed by atoms with Crippen molar-refractivity contribution in [1.29, 1.82) is 0 Å². The highest BCUT2D eigenvalue weighted by Crippen LogP contribution is 2.29. The summed E-state index contributed by atoms with van der Waals surface area (Å²) in [7, 11) is 0. The van der Waals surface area contributed by atoms with Gasteiger partial charge in [-0.2, -0.15) is 0 Å². The highest BCUT2D eigenvalue weighted by atomic mass is 35.5. The van der Waals surface area contributed by atoms with Crippen LogP contribution in [-0.4, -0.2) is 4.98 Å². The van der Waals surface area contributed by atoms with Crippen LogP contribution in [0.4, 0.5) is 8.78 Å². The first-order valence-electron chi connectivity index (χ1n) is 7.76. The summed E-state index contributed by atoms with van der Waals surface area (Å²) >= 11 is 6.15. The summed E-state index contributed by atoms with van der Waals surface area (Å²) in [5.41, 5.74) is 1.71. The van der Waals surface area contributed by atoms with Crippen LogP contribution in [-0.2, 0) is 12.1 Å². The van der Waals surface area contributed by atoms with Gasteiger partial charge in [0, 0.05) is 22.7 Å². The van der Waals surface area contributed by atoms with Gasteiger partial charge in [-0.1, -0.05) is 17.7 Å². The summed E-state index contributed by atoms with van der Waals surface area (Å²) in [5, 5.41) is 3.70. The fraction of sp³-hybridized carbons (Fsp3) is 0.211. The minimum Gasteiger partial charge on any atom is -0.444 e. The maximum atomic E-state index is 13.2. The Morgan fingerprint density at radius 3 is 2.44 bits per heavy atom. The molecule has 3 rings (SSSR count).